The van der Waals surface area contributed by atoms with Crippen molar-refractivity contribution < 1.29 is 19.2 Å². The van der Waals surface area contributed by atoms with E-state index in [4.69, 9.17) is 5.11 Å². The van der Waals surface area contributed by atoms with Gasteiger partial charge in [0.1, 0.15) is 5.69 Å². The first-order valence-corrected chi connectivity index (χ1v) is 7.05. The maximum Gasteiger partial charge on any atom is 0.407 e. The van der Waals surface area contributed by atoms with Crippen LogP contribution >= 0.6 is 15.9 Å². The van der Waals surface area contributed by atoms with E-state index in [1.165, 1.54) is 11.0 Å². The van der Waals surface area contributed by atoms with Gasteiger partial charge >= 0.3 is 11.8 Å². The van der Waals surface area contributed by atoms with Gasteiger partial charge in [-0.3, -0.25) is 10.1 Å². The molecule has 1 aliphatic rings. The second-order valence-electron chi connectivity index (χ2n) is 4.73. The van der Waals surface area contributed by atoms with Crippen molar-refractivity contribution in [3.63, 3.8) is 0 Å². The first-order chi connectivity index (χ1) is 9.88. The van der Waals surface area contributed by atoms with Crippen molar-refractivity contribution in [1.82, 2.24) is 4.90 Å². The molecule has 9 heteroatoms. The third-order valence-corrected chi connectivity index (χ3v) is 3.79. The van der Waals surface area contributed by atoms with Gasteiger partial charge < -0.3 is 15.3 Å². The third-order valence-electron chi connectivity index (χ3n) is 3.34. The van der Waals surface area contributed by atoms with Gasteiger partial charge in [0, 0.05) is 23.6 Å². The van der Waals surface area contributed by atoms with Crippen LogP contribution in [0.2, 0.25) is 0 Å². The number of likely N-dealkylation sites (tertiary alicyclic amines) is 1. The molecule has 0 spiro atoms. The van der Waals surface area contributed by atoms with Crippen LogP contribution in [0.3, 0.4) is 0 Å². The summed E-state index contributed by atoms with van der Waals surface area (Å²) in [5.74, 6) is -0.917. The van der Waals surface area contributed by atoms with Crippen LogP contribution < -0.4 is 5.32 Å². The molecule has 0 radical (unpaired) electrons. The van der Waals surface area contributed by atoms with E-state index in [-0.39, 0.29) is 11.7 Å². The second kappa shape index (κ2) is 6.25. The molecule has 21 heavy (non-hydrogen) atoms. The molecule has 0 aromatic heterocycles. The van der Waals surface area contributed by atoms with E-state index >= 15 is 0 Å². The van der Waals surface area contributed by atoms with E-state index in [2.05, 4.69) is 21.2 Å². The zero-order chi connectivity index (χ0) is 15.6. The summed E-state index contributed by atoms with van der Waals surface area (Å²) >= 11 is 3.10. The Balaban J connectivity index is 2.13. The number of hydrogen-bond acceptors (Lipinski definition) is 4. The molecule has 1 amide bonds. The number of anilines is 1. The predicted octanol–water partition coefficient (Wildman–Crippen LogP) is 3.05. The first kappa shape index (κ1) is 15.5. The maximum atomic E-state index is 13.7. The zero-order valence-corrected chi connectivity index (χ0v) is 12.5. The highest BCUT2D eigenvalue weighted by atomic mass is 79.9. The number of piperidine rings is 1. The Bertz CT molecular complexity index is 576. The summed E-state index contributed by atoms with van der Waals surface area (Å²) in [6, 6.07) is 2.36. The second-order valence-corrected chi connectivity index (χ2v) is 5.64. The van der Waals surface area contributed by atoms with Crippen molar-refractivity contribution in [3.8, 4) is 0 Å². The number of benzene rings is 1. The third kappa shape index (κ3) is 3.60. The largest absolute Gasteiger partial charge is 0.465 e. The lowest BCUT2D eigenvalue weighted by molar-refractivity contribution is -0.386. The summed E-state index contributed by atoms with van der Waals surface area (Å²) in [6.45, 7) is 0.689. The highest BCUT2D eigenvalue weighted by Gasteiger charge is 2.26. The van der Waals surface area contributed by atoms with Crippen LogP contribution in [0.25, 0.3) is 0 Å². The molecule has 2 rings (SSSR count). The fourth-order valence-corrected chi connectivity index (χ4v) is 2.73. The number of carboxylic acid groups (broad SMARTS) is 1. The SMILES string of the molecule is O=C(O)N1CCC(Nc2cc(Br)cc(F)c2[N+](=O)[O-])CC1. The van der Waals surface area contributed by atoms with E-state index < -0.39 is 22.5 Å². The minimum absolute atomic E-state index is 0.0978. The lowest BCUT2D eigenvalue weighted by atomic mass is 10.0. The van der Waals surface area contributed by atoms with Gasteiger partial charge in [-0.05, 0) is 25.0 Å². The van der Waals surface area contributed by atoms with Gasteiger partial charge in [0.25, 0.3) is 0 Å². The Labute approximate surface area is 128 Å². The summed E-state index contributed by atoms with van der Waals surface area (Å²) in [5, 5.41) is 22.8. The molecule has 0 unspecified atom stereocenters. The van der Waals surface area contributed by atoms with Crippen molar-refractivity contribution in [3.05, 3.63) is 32.5 Å². The quantitative estimate of drug-likeness (QED) is 0.637. The molecule has 0 aliphatic carbocycles. The number of nitrogens with zero attached hydrogens (tertiary/aromatic N) is 2. The Morgan fingerprint density at radius 2 is 2.10 bits per heavy atom. The summed E-state index contributed by atoms with van der Waals surface area (Å²) in [4.78, 5) is 22.3. The van der Waals surface area contributed by atoms with Crippen LogP contribution in [0.15, 0.2) is 16.6 Å². The smallest absolute Gasteiger partial charge is 0.407 e. The highest BCUT2D eigenvalue weighted by Crippen LogP contribution is 2.32. The molecular formula is C12H13BrFN3O4. The normalized spacial score (nSPS) is 15.8. The number of nitrogens with one attached hydrogen (secondary N) is 1. The van der Waals surface area contributed by atoms with Gasteiger partial charge in [0.2, 0.25) is 5.82 Å². The van der Waals surface area contributed by atoms with Gasteiger partial charge in [-0.2, -0.15) is 4.39 Å². The molecule has 114 valence electrons. The fraction of sp³-hybridized carbons (Fsp3) is 0.417. The molecule has 1 aromatic rings. The topological polar surface area (TPSA) is 95.7 Å². The van der Waals surface area contributed by atoms with E-state index in [0.29, 0.717) is 30.4 Å². The average molecular weight is 362 g/mol. The van der Waals surface area contributed by atoms with E-state index in [1.54, 1.807) is 0 Å². The molecule has 1 fully saturated rings. The Morgan fingerprint density at radius 3 is 2.62 bits per heavy atom. The number of nitro groups is 1. The van der Waals surface area contributed by atoms with Crippen molar-refractivity contribution in [2.75, 3.05) is 18.4 Å². The highest BCUT2D eigenvalue weighted by molar-refractivity contribution is 9.10. The molecule has 2 N–H and O–H groups in total. The maximum absolute atomic E-state index is 13.7. The van der Waals surface area contributed by atoms with Crippen LogP contribution in [-0.2, 0) is 0 Å². The minimum atomic E-state index is -0.979. The number of rotatable bonds is 3. The minimum Gasteiger partial charge on any atom is -0.465 e. The van der Waals surface area contributed by atoms with Crippen molar-refractivity contribution in [2.24, 2.45) is 0 Å². The summed E-state index contributed by atoms with van der Waals surface area (Å²) in [7, 11) is 0. The predicted molar refractivity (Wildman–Crippen MR) is 77.0 cm³/mol. The molecule has 1 aliphatic heterocycles. The molecule has 0 atom stereocenters. The van der Waals surface area contributed by atoms with Crippen LogP contribution in [0.1, 0.15) is 12.8 Å². The number of carbonyl (C=O) groups is 1. The number of nitro benzene ring substituents is 1. The number of halogens is 2. The first-order valence-electron chi connectivity index (χ1n) is 6.26. The van der Waals surface area contributed by atoms with Gasteiger partial charge in [0.15, 0.2) is 0 Å². The van der Waals surface area contributed by atoms with Crippen LogP contribution in [0.4, 0.5) is 20.6 Å². The standard InChI is InChI=1S/C12H13BrFN3O4/c13-7-5-9(14)11(17(20)21)10(6-7)15-8-1-3-16(4-2-8)12(18)19/h5-6,8,15H,1-4H2,(H,18,19). The van der Waals surface area contributed by atoms with Crippen molar-refractivity contribution in [1.29, 1.82) is 0 Å². The number of hydrogen-bond donors (Lipinski definition) is 2. The molecule has 1 heterocycles. The van der Waals surface area contributed by atoms with E-state index in [0.717, 1.165) is 6.07 Å². The zero-order valence-electron chi connectivity index (χ0n) is 10.9. The monoisotopic (exact) mass is 361 g/mol. The summed E-state index contributed by atoms with van der Waals surface area (Å²) in [6.07, 6.45) is 0.0442. The Hall–Kier alpha value is -1.90. The van der Waals surface area contributed by atoms with Crippen LogP contribution in [-0.4, -0.2) is 40.2 Å². The number of amides is 1. The molecule has 0 saturated carbocycles. The van der Waals surface area contributed by atoms with E-state index in [1.807, 2.05) is 0 Å². The van der Waals surface area contributed by atoms with E-state index in [9.17, 15) is 19.3 Å². The molecule has 1 aromatic carbocycles. The average Bonchev–Trinajstić information content (AvgIpc) is 2.37. The van der Waals surface area contributed by atoms with Crippen LogP contribution in [0.5, 0.6) is 0 Å². The van der Waals surface area contributed by atoms with Gasteiger partial charge in [-0.15, -0.1) is 0 Å². The lowest BCUT2D eigenvalue weighted by Gasteiger charge is -2.30. The van der Waals surface area contributed by atoms with Gasteiger partial charge in [-0.25, -0.2) is 4.79 Å². The van der Waals surface area contributed by atoms with Crippen molar-refractivity contribution >= 4 is 33.4 Å². The molecular weight excluding hydrogens is 349 g/mol. The lowest BCUT2D eigenvalue weighted by Crippen LogP contribution is -2.41. The Kier molecular flexibility index (Phi) is 4.61. The molecule has 0 bridgehead atoms. The molecule has 7 nitrogen and oxygen atoms in total. The summed E-state index contributed by atoms with van der Waals surface area (Å²) < 4.78 is 14.1. The van der Waals surface area contributed by atoms with Crippen LogP contribution in [0, 0.1) is 15.9 Å². The Morgan fingerprint density at radius 1 is 1.48 bits per heavy atom. The molecule has 1 saturated heterocycles. The van der Waals surface area contributed by atoms with Gasteiger partial charge in [-0.1, -0.05) is 15.9 Å². The van der Waals surface area contributed by atoms with Crippen molar-refractivity contribution in [2.45, 2.75) is 18.9 Å². The van der Waals surface area contributed by atoms with Gasteiger partial charge in [0.05, 0.1) is 4.92 Å². The summed E-state index contributed by atoms with van der Waals surface area (Å²) in [5.41, 5.74) is -0.500. The fourth-order valence-electron chi connectivity index (χ4n) is 2.30.